The number of amides is 2. The van der Waals surface area contributed by atoms with Crippen molar-refractivity contribution in [2.75, 3.05) is 32.6 Å². The summed E-state index contributed by atoms with van der Waals surface area (Å²) in [5, 5.41) is 2.78. The van der Waals surface area contributed by atoms with E-state index in [9.17, 15) is 18.0 Å². The zero-order chi connectivity index (χ0) is 21.9. The van der Waals surface area contributed by atoms with E-state index in [4.69, 9.17) is 4.74 Å². The molecule has 0 aliphatic carbocycles. The second-order valence-corrected chi connectivity index (χ2v) is 9.34. The van der Waals surface area contributed by atoms with E-state index in [1.54, 1.807) is 54.5 Å². The Morgan fingerprint density at radius 3 is 2.63 bits per heavy atom. The lowest BCUT2D eigenvalue weighted by Gasteiger charge is -2.18. The fraction of sp³-hybridized carbons (Fsp3) is 0.333. The van der Waals surface area contributed by atoms with E-state index >= 15 is 0 Å². The number of nitrogens with zero attached hydrogens (tertiary/aromatic N) is 2. The van der Waals surface area contributed by atoms with Crippen molar-refractivity contribution in [1.82, 2.24) is 9.62 Å². The van der Waals surface area contributed by atoms with Crippen molar-refractivity contribution >= 4 is 27.5 Å². The first-order valence-electron chi connectivity index (χ1n) is 9.46. The molecule has 2 amide bonds. The van der Waals surface area contributed by atoms with Gasteiger partial charge in [0.1, 0.15) is 5.75 Å². The Morgan fingerprint density at radius 1 is 1.20 bits per heavy atom. The third kappa shape index (κ3) is 4.47. The number of rotatable bonds is 7. The minimum Gasteiger partial charge on any atom is -0.497 e. The number of anilines is 1. The van der Waals surface area contributed by atoms with E-state index in [1.807, 2.05) is 0 Å². The maximum atomic E-state index is 12.7. The highest BCUT2D eigenvalue weighted by molar-refractivity contribution is 7.89. The van der Waals surface area contributed by atoms with Crippen LogP contribution in [0.2, 0.25) is 0 Å². The van der Waals surface area contributed by atoms with Crippen molar-refractivity contribution in [3.8, 4) is 5.75 Å². The molecule has 0 radical (unpaired) electrons. The molecule has 1 unspecified atom stereocenters. The van der Waals surface area contributed by atoms with Crippen LogP contribution in [0, 0.1) is 5.92 Å². The van der Waals surface area contributed by atoms with Gasteiger partial charge in [-0.25, -0.2) is 12.7 Å². The number of carbonyl (C=O) groups is 2. The van der Waals surface area contributed by atoms with Gasteiger partial charge in [0.05, 0.1) is 17.9 Å². The van der Waals surface area contributed by atoms with Crippen LogP contribution in [0.3, 0.4) is 0 Å². The van der Waals surface area contributed by atoms with Crippen molar-refractivity contribution in [3.63, 3.8) is 0 Å². The first kappa shape index (κ1) is 21.8. The Balaban J connectivity index is 1.69. The number of hydrogen-bond donors (Lipinski definition) is 1. The van der Waals surface area contributed by atoms with Crippen LogP contribution >= 0.6 is 0 Å². The lowest BCUT2D eigenvalue weighted by Crippen LogP contribution is -2.33. The van der Waals surface area contributed by atoms with Crippen LogP contribution in [0.1, 0.15) is 12.0 Å². The molecule has 30 heavy (non-hydrogen) atoms. The summed E-state index contributed by atoms with van der Waals surface area (Å²) in [6.07, 6.45) is 0.0979. The van der Waals surface area contributed by atoms with Crippen molar-refractivity contribution < 1.29 is 22.7 Å². The molecule has 0 aromatic heterocycles. The van der Waals surface area contributed by atoms with Crippen molar-refractivity contribution in [2.45, 2.75) is 17.9 Å². The minimum absolute atomic E-state index is 0.0614. The molecule has 160 valence electrons. The summed E-state index contributed by atoms with van der Waals surface area (Å²) in [7, 11) is 0.845. The average molecular weight is 432 g/mol. The van der Waals surface area contributed by atoms with Crippen LogP contribution in [0.4, 0.5) is 5.69 Å². The van der Waals surface area contributed by atoms with E-state index in [2.05, 4.69) is 5.32 Å². The average Bonchev–Trinajstić information content (AvgIpc) is 3.13. The summed E-state index contributed by atoms with van der Waals surface area (Å²) in [5.74, 6) is -0.307. The normalized spacial score (nSPS) is 16.7. The lowest BCUT2D eigenvalue weighted by atomic mass is 10.1. The van der Waals surface area contributed by atoms with Gasteiger partial charge in [0.25, 0.3) is 0 Å². The number of ether oxygens (including phenoxy) is 1. The number of carbonyl (C=O) groups excluding carboxylic acids is 2. The lowest BCUT2D eigenvalue weighted by molar-refractivity contribution is -0.126. The van der Waals surface area contributed by atoms with E-state index in [0.717, 1.165) is 4.31 Å². The third-order valence-corrected chi connectivity index (χ3v) is 6.96. The highest BCUT2D eigenvalue weighted by Gasteiger charge is 2.35. The van der Waals surface area contributed by atoms with Gasteiger partial charge in [0, 0.05) is 45.4 Å². The largest absolute Gasteiger partial charge is 0.497 e. The maximum absolute atomic E-state index is 12.7. The molecule has 2 aromatic rings. The van der Waals surface area contributed by atoms with Gasteiger partial charge in [-0.05, 0) is 23.8 Å². The van der Waals surface area contributed by atoms with Gasteiger partial charge in [-0.15, -0.1) is 0 Å². The van der Waals surface area contributed by atoms with Crippen LogP contribution in [0.5, 0.6) is 5.75 Å². The molecule has 1 aliphatic heterocycles. The Morgan fingerprint density at radius 2 is 1.93 bits per heavy atom. The zero-order valence-corrected chi connectivity index (χ0v) is 18.0. The van der Waals surface area contributed by atoms with E-state index in [-0.39, 0.29) is 36.2 Å². The topological polar surface area (TPSA) is 96.0 Å². The minimum atomic E-state index is -3.63. The summed E-state index contributed by atoms with van der Waals surface area (Å²) >= 11 is 0. The molecule has 2 aromatic carbocycles. The summed E-state index contributed by atoms with van der Waals surface area (Å²) in [6.45, 7) is 0.321. The fourth-order valence-electron chi connectivity index (χ4n) is 3.34. The molecule has 9 heteroatoms. The van der Waals surface area contributed by atoms with Crippen LogP contribution in [-0.4, -0.2) is 52.3 Å². The Bertz CT molecular complexity index is 1050. The highest BCUT2D eigenvalue weighted by Crippen LogP contribution is 2.28. The molecular formula is C21H25N3O5S. The molecule has 8 nitrogen and oxygen atoms in total. The van der Waals surface area contributed by atoms with Gasteiger partial charge in [-0.3, -0.25) is 9.59 Å². The van der Waals surface area contributed by atoms with Crippen LogP contribution in [0.15, 0.2) is 53.4 Å². The van der Waals surface area contributed by atoms with E-state index in [1.165, 1.54) is 20.2 Å². The van der Waals surface area contributed by atoms with Gasteiger partial charge < -0.3 is 15.0 Å². The van der Waals surface area contributed by atoms with Crippen molar-refractivity contribution in [1.29, 1.82) is 0 Å². The molecule has 1 aliphatic rings. The van der Waals surface area contributed by atoms with Crippen LogP contribution in [0.25, 0.3) is 0 Å². The molecule has 0 saturated carbocycles. The second-order valence-electron chi connectivity index (χ2n) is 7.22. The van der Waals surface area contributed by atoms with Crippen LogP contribution in [-0.2, 0) is 26.2 Å². The number of nitrogens with one attached hydrogen (secondary N) is 1. The Kier molecular flexibility index (Phi) is 6.42. The standard InChI is InChI=1S/C21H25N3O5S/c1-23(2)30(27,28)19-10-5-4-7-15(19)13-22-21(26)16-11-20(25)24(14-16)17-8-6-9-18(12-17)29-3/h4-10,12,16H,11,13-14H2,1-3H3,(H,22,26). The molecule has 1 saturated heterocycles. The van der Waals surface area contributed by atoms with Crippen molar-refractivity contribution in [3.05, 3.63) is 54.1 Å². The smallest absolute Gasteiger partial charge is 0.242 e. The number of hydrogen-bond acceptors (Lipinski definition) is 5. The number of benzene rings is 2. The molecule has 1 N–H and O–H groups in total. The molecule has 1 heterocycles. The SMILES string of the molecule is COc1cccc(N2CC(C(=O)NCc3ccccc3S(=O)(=O)N(C)C)CC2=O)c1. The van der Waals surface area contributed by atoms with E-state index < -0.39 is 15.9 Å². The predicted molar refractivity (Wildman–Crippen MR) is 113 cm³/mol. The summed E-state index contributed by atoms with van der Waals surface area (Å²) < 4.78 is 31.3. The van der Waals surface area contributed by atoms with Gasteiger partial charge in [-0.1, -0.05) is 24.3 Å². The molecular weight excluding hydrogens is 406 g/mol. The Hall–Kier alpha value is -2.91. The van der Waals surface area contributed by atoms with Gasteiger partial charge in [-0.2, -0.15) is 0 Å². The second kappa shape index (κ2) is 8.85. The van der Waals surface area contributed by atoms with Gasteiger partial charge in [0.15, 0.2) is 0 Å². The number of methoxy groups -OCH3 is 1. The summed E-state index contributed by atoms with van der Waals surface area (Å²) in [4.78, 5) is 26.8. The first-order valence-corrected chi connectivity index (χ1v) is 10.9. The van der Waals surface area contributed by atoms with Gasteiger partial charge >= 0.3 is 0 Å². The summed E-state index contributed by atoms with van der Waals surface area (Å²) in [6, 6.07) is 13.7. The maximum Gasteiger partial charge on any atom is 0.242 e. The Labute approximate surface area is 176 Å². The zero-order valence-electron chi connectivity index (χ0n) is 17.2. The first-order chi connectivity index (χ1) is 14.2. The predicted octanol–water partition coefficient (Wildman–Crippen LogP) is 1.61. The monoisotopic (exact) mass is 431 g/mol. The molecule has 1 fully saturated rings. The van der Waals surface area contributed by atoms with E-state index in [0.29, 0.717) is 17.0 Å². The summed E-state index contributed by atoms with van der Waals surface area (Å²) in [5.41, 5.74) is 1.17. The molecule has 3 rings (SSSR count). The van der Waals surface area contributed by atoms with Crippen LogP contribution < -0.4 is 15.0 Å². The molecule has 1 atom stereocenters. The molecule has 0 spiro atoms. The van der Waals surface area contributed by atoms with Gasteiger partial charge in [0.2, 0.25) is 21.8 Å². The third-order valence-electron chi connectivity index (χ3n) is 5.05. The van der Waals surface area contributed by atoms with Crippen molar-refractivity contribution in [2.24, 2.45) is 5.92 Å². The molecule has 0 bridgehead atoms. The highest BCUT2D eigenvalue weighted by atomic mass is 32.2. The fourth-order valence-corrected chi connectivity index (χ4v) is 4.45. The number of sulfonamides is 1. The quantitative estimate of drug-likeness (QED) is 0.719.